The van der Waals surface area contributed by atoms with Gasteiger partial charge in [0.05, 0.1) is 10.5 Å². The highest BCUT2D eigenvalue weighted by Crippen LogP contribution is 2.29. The van der Waals surface area contributed by atoms with Gasteiger partial charge in [0, 0.05) is 25.1 Å². The summed E-state index contributed by atoms with van der Waals surface area (Å²) < 4.78 is 31.1. The summed E-state index contributed by atoms with van der Waals surface area (Å²) in [5.41, 5.74) is 0.915. The third-order valence-corrected chi connectivity index (χ3v) is 7.43. The molecular formula is C17H24N4O3S2. The van der Waals surface area contributed by atoms with E-state index in [1.807, 2.05) is 0 Å². The van der Waals surface area contributed by atoms with E-state index in [4.69, 9.17) is 0 Å². The van der Waals surface area contributed by atoms with Crippen molar-refractivity contribution in [1.29, 1.82) is 0 Å². The van der Waals surface area contributed by atoms with Gasteiger partial charge >= 0.3 is 0 Å². The molecule has 3 aliphatic rings. The molecule has 9 heteroatoms. The molecule has 3 aliphatic heterocycles. The summed E-state index contributed by atoms with van der Waals surface area (Å²) in [6.07, 6.45) is 2.29. The van der Waals surface area contributed by atoms with Gasteiger partial charge in [0.2, 0.25) is 10.0 Å². The standard InChI is InChI=1S/C17H22N4O3S2.H2/c1-2-26(23,24)20-12-3-4-13-15(9-12)25-19-16(13)17(22)18-14-10-21-7-5-11(14)6-8-21;/h3-4,9,11,14,20H,2,5-8,10H2,1H3,(H,18,22);1H/t14-;/m0./s1. The van der Waals surface area contributed by atoms with Crippen molar-refractivity contribution in [3.05, 3.63) is 23.9 Å². The van der Waals surface area contributed by atoms with Crippen LogP contribution in [0.5, 0.6) is 0 Å². The number of piperidine rings is 3. The first-order valence-electron chi connectivity index (χ1n) is 8.88. The Labute approximate surface area is 158 Å². The van der Waals surface area contributed by atoms with Gasteiger partial charge in [-0.05, 0) is 68.5 Å². The lowest BCUT2D eigenvalue weighted by atomic mass is 9.84. The van der Waals surface area contributed by atoms with Crippen molar-refractivity contribution in [2.75, 3.05) is 30.1 Å². The van der Waals surface area contributed by atoms with E-state index in [1.54, 1.807) is 25.1 Å². The van der Waals surface area contributed by atoms with E-state index in [9.17, 15) is 13.2 Å². The molecule has 2 bridgehead atoms. The number of hydrogen-bond donors (Lipinski definition) is 2. The quantitative estimate of drug-likeness (QED) is 0.808. The summed E-state index contributed by atoms with van der Waals surface area (Å²) in [4.78, 5) is 15.1. The minimum atomic E-state index is -3.32. The second-order valence-corrected chi connectivity index (χ2v) is 9.78. The van der Waals surface area contributed by atoms with E-state index in [-0.39, 0.29) is 19.1 Å². The van der Waals surface area contributed by atoms with Crippen molar-refractivity contribution >= 4 is 43.2 Å². The number of anilines is 1. The lowest BCUT2D eigenvalue weighted by Gasteiger charge is -2.44. The lowest BCUT2D eigenvalue weighted by molar-refractivity contribution is 0.0619. The van der Waals surface area contributed by atoms with Crippen LogP contribution in [-0.4, -0.2) is 55.0 Å². The summed E-state index contributed by atoms with van der Waals surface area (Å²) >= 11 is 1.21. The molecule has 3 fully saturated rings. The molecule has 142 valence electrons. The molecule has 0 saturated carbocycles. The topological polar surface area (TPSA) is 91.4 Å². The smallest absolute Gasteiger partial charge is 0.271 e. The molecule has 7 nitrogen and oxygen atoms in total. The molecule has 1 aromatic carbocycles. The Hall–Kier alpha value is -1.71. The van der Waals surface area contributed by atoms with Gasteiger partial charge in [-0.15, -0.1) is 0 Å². The van der Waals surface area contributed by atoms with Gasteiger partial charge in [0.25, 0.3) is 5.91 Å². The highest BCUT2D eigenvalue weighted by molar-refractivity contribution is 7.92. The molecule has 1 amide bonds. The highest BCUT2D eigenvalue weighted by Gasteiger charge is 2.35. The maximum Gasteiger partial charge on any atom is 0.271 e. The number of rotatable bonds is 5. The van der Waals surface area contributed by atoms with Crippen molar-refractivity contribution in [3.8, 4) is 0 Å². The van der Waals surface area contributed by atoms with Crippen LogP contribution in [0.25, 0.3) is 10.1 Å². The summed E-state index contributed by atoms with van der Waals surface area (Å²) in [5, 5.41) is 3.92. The Morgan fingerprint density at radius 1 is 1.38 bits per heavy atom. The summed E-state index contributed by atoms with van der Waals surface area (Å²) in [6.45, 7) is 4.77. The van der Waals surface area contributed by atoms with Crippen LogP contribution in [0.1, 0.15) is 31.7 Å². The third kappa shape index (κ3) is 3.43. The molecule has 0 spiro atoms. The normalized spacial score (nSPS) is 25.3. The average Bonchev–Trinajstić information content (AvgIpc) is 3.06. The average molecular weight is 397 g/mol. The first-order chi connectivity index (χ1) is 12.4. The molecule has 3 saturated heterocycles. The summed E-state index contributed by atoms with van der Waals surface area (Å²) in [5.74, 6) is 0.432. The van der Waals surface area contributed by atoms with Crippen LogP contribution in [0.4, 0.5) is 5.69 Å². The van der Waals surface area contributed by atoms with Crippen molar-refractivity contribution in [3.63, 3.8) is 0 Å². The van der Waals surface area contributed by atoms with Crippen LogP contribution in [0.2, 0.25) is 0 Å². The Balaban J connectivity index is 0.00000210. The number of carbonyl (C=O) groups excluding carboxylic acids is 1. The zero-order valence-corrected chi connectivity index (χ0v) is 16.2. The molecule has 26 heavy (non-hydrogen) atoms. The molecule has 2 aromatic rings. The number of aromatic nitrogens is 1. The Morgan fingerprint density at radius 2 is 2.15 bits per heavy atom. The van der Waals surface area contributed by atoms with Crippen molar-refractivity contribution in [1.82, 2.24) is 14.6 Å². The van der Waals surface area contributed by atoms with Crippen molar-refractivity contribution < 1.29 is 14.6 Å². The number of amides is 1. The van der Waals surface area contributed by atoms with Crippen molar-refractivity contribution in [2.45, 2.75) is 25.8 Å². The number of sulfonamides is 1. The van der Waals surface area contributed by atoms with Crippen molar-refractivity contribution in [2.24, 2.45) is 5.92 Å². The molecule has 2 N–H and O–H groups in total. The number of hydrogen-bond acceptors (Lipinski definition) is 6. The second kappa shape index (κ2) is 6.79. The van der Waals surface area contributed by atoms with E-state index < -0.39 is 10.0 Å². The monoisotopic (exact) mass is 396 g/mol. The number of nitrogens with one attached hydrogen (secondary N) is 2. The van der Waals surface area contributed by atoms with E-state index in [0.29, 0.717) is 17.3 Å². The van der Waals surface area contributed by atoms with E-state index in [0.717, 1.165) is 42.6 Å². The van der Waals surface area contributed by atoms with Crippen LogP contribution < -0.4 is 10.0 Å². The van der Waals surface area contributed by atoms with Crippen LogP contribution in [0, 0.1) is 5.92 Å². The zero-order valence-electron chi connectivity index (χ0n) is 14.6. The fraction of sp³-hybridized carbons (Fsp3) is 0.529. The Bertz CT molecular complexity index is 939. The van der Waals surface area contributed by atoms with Crippen LogP contribution in [0.3, 0.4) is 0 Å². The second-order valence-electron chi connectivity index (χ2n) is 6.97. The fourth-order valence-electron chi connectivity index (χ4n) is 3.78. The third-order valence-electron chi connectivity index (χ3n) is 5.31. The van der Waals surface area contributed by atoms with Gasteiger partial charge in [-0.2, -0.15) is 4.37 Å². The first kappa shape index (κ1) is 17.7. The summed E-state index contributed by atoms with van der Waals surface area (Å²) in [6, 6.07) is 5.36. The number of nitrogens with zero attached hydrogens (tertiary/aromatic N) is 2. The van der Waals surface area contributed by atoms with Gasteiger partial charge in [-0.25, -0.2) is 8.42 Å². The van der Waals surface area contributed by atoms with Crippen LogP contribution in [0.15, 0.2) is 18.2 Å². The van der Waals surface area contributed by atoms with Gasteiger partial charge < -0.3 is 10.2 Å². The number of benzene rings is 1. The molecule has 4 heterocycles. The molecule has 1 atom stereocenters. The molecule has 1 aromatic heterocycles. The fourth-order valence-corrected chi connectivity index (χ4v) is 5.23. The van der Waals surface area contributed by atoms with Gasteiger partial charge in [-0.1, -0.05) is 0 Å². The Morgan fingerprint density at radius 3 is 2.81 bits per heavy atom. The predicted molar refractivity (Wildman–Crippen MR) is 105 cm³/mol. The van der Waals surface area contributed by atoms with E-state index in [1.165, 1.54) is 11.5 Å². The molecule has 0 aliphatic carbocycles. The molecule has 5 rings (SSSR count). The minimum Gasteiger partial charge on any atom is -0.346 e. The van der Waals surface area contributed by atoms with Gasteiger partial charge in [0.1, 0.15) is 5.69 Å². The highest BCUT2D eigenvalue weighted by atomic mass is 32.2. The zero-order chi connectivity index (χ0) is 18.3. The maximum absolute atomic E-state index is 12.7. The SMILES string of the molecule is CCS(=O)(=O)Nc1ccc2c(C(=O)N[C@H]3CN4CCC3CC4)nsc2c1.[HH]. The predicted octanol–water partition coefficient (Wildman–Crippen LogP) is 2.13. The van der Waals surface area contributed by atoms with Gasteiger partial charge in [0.15, 0.2) is 0 Å². The molecule has 0 radical (unpaired) electrons. The largest absolute Gasteiger partial charge is 0.346 e. The molecule has 0 unspecified atom stereocenters. The Kier molecular flexibility index (Phi) is 4.62. The number of fused-ring (bicyclic) bond motifs is 4. The first-order valence-corrected chi connectivity index (χ1v) is 11.3. The number of carbonyl (C=O) groups is 1. The summed E-state index contributed by atoms with van der Waals surface area (Å²) in [7, 11) is -3.32. The lowest BCUT2D eigenvalue weighted by Crippen LogP contribution is -2.57. The van der Waals surface area contributed by atoms with E-state index in [2.05, 4.69) is 19.3 Å². The molecular weight excluding hydrogens is 372 g/mol. The minimum absolute atomic E-state index is 0. The maximum atomic E-state index is 12.7. The van der Waals surface area contributed by atoms with Gasteiger partial charge in [-0.3, -0.25) is 9.52 Å². The van der Waals surface area contributed by atoms with E-state index >= 15 is 0 Å². The van der Waals surface area contributed by atoms with Crippen LogP contribution in [-0.2, 0) is 10.0 Å². The van der Waals surface area contributed by atoms with Crippen LogP contribution >= 0.6 is 11.5 Å².